The third kappa shape index (κ3) is 7.14. The molecule has 0 saturated heterocycles. The molecule has 1 rings (SSSR count). The summed E-state index contributed by atoms with van der Waals surface area (Å²) in [4.78, 5) is 13.8. The Hall–Kier alpha value is -1.55. The molecule has 0 aliphatic rings. The number of nitrogens with zero attached hydrogens (tertiary/aromatic N) is 1. The van der Waals surface area contributed by atoms with E-state index in [-0.39, 0.29) is 11.4 Å². The number of para-hydroxylation sites is 1. The quantitative estimate of drug-likeness (QED) is 0.749. The molecule has 0 aliphatic heterocycles. The van der Waals surface area contributed by atoms with E-state index in [0.29, 0.717) is 13.1 Å². The lowest BCUT2D eigenvalue weighted by molar-refractivity contribution is -0.120. The SMILES string of the molecule is CN(CCCNC(=O)CNC(C)(C)C)c1ccccc1. The molecule has 0 heterocycles. The second kappa shape index (κ2) is 7.90. The van der Waals surface area contributed by atoms with E-state index in [9.17, 15) is 4.79 Å². The number of hydrogen-bond acceptors (Lipinski definition) is 3. The number of hydrogen-bond donors (Lipinski definition) is 2. The number of carbonyl (C=O) groups excluding carboxylic acids is 1. The van der Waals surface area contributed by atoms with Crippen LogP contribution in [0, 0.1) is 0 Å². The second-order valence-corrected chi connectivity index (χ2v) is 6.06. The van der Waals surface area contributed by atoms with Gasteiger partial charge in [0.1, 0.15) is 0 Å². The summed E-state index contributed by atoms with van der Waals surface area (Å²) in [6.07, 6.45) is 0.937. The molecule has 0 unspecified atom stereocenters. The Labute approximate surface area is 122 Å². The molecule has 112 valence electrons. The van der Waals surface area contributed by atoms with Crippen LogP contribution < -0.4 is 15.5 Å². The van der Waals surface area contributed by atoms with Crippen molar-refractivity contribution < 1.29 is 4.79 Å². The Balaban J connectivity index is 2.14. The number of anilines is 1. The maximum absolute atomic E-state index is 11.6. The van der Waals surface area contributed by atoms with Crippen LogP contribution in [0.5, 0.6) is 0 Å². The molecular formula is C16H27N3O. The highest BCUT2D eigenvalue weighted by atomic mass is 16.1. The zero-order chi connectivity index (χ0) is 15.0. The maximum Gasteiger partial charge on any atom is 0.233 e. The van der Waals surface area contributed by atoms with Crippen molar-refractivity contribution in [2.45, 2.75) is 32.7 Å². The second-order valence-electron chi connectivity index (χ2n) is 6.06. The first kappa shape index (κ1) is 16.5. The first-order chi connectivity index (χ1) is 9.38. The van der Waals surface area contributed by atoms with Crippen LogP contribution in [0.25, 0.3) is 0 Å². The molecule has 0 bridgehead atoms. The van der Waals surface area contributed by atoms with Gasteiger partial charge in [0.25, 0.3) is 0 Å². The van der Waals surface area contributed by atoms with E-state index in [0.717, 1.165) is 13.0 Å². The number of benzene rings is 1. The Bertz CT molecular complexity index is 398. The lowest BCUT2D eigenvalue weighted by Gasteiger charge is -2.21. The number of carbonyl (C=O) groups is 1. The van der Waals surface area contributed by atoms with Gasteiger partial charge in [-0.25, -0.2) is 0 Å². The molecule has 20 heavy (non-hydrogen) atoms. The molecule has 0 radical (unpaired) electrons. The molecule has 0 aliphatic carbocycles. The van der Waals surface area contributed by atoms with Crippen LogP contribution in [0.2, 0.25) is 0 Å². The molecule has 1 aromatic carbocycles. The van der Waals surface area contributed by atoms with Gasteiger partial charge in [-0.2, -0.15) is 0 Å². The predicted octanol–water partition coefficient (Wildman–Crippen LogP) is 2.02. The topological polar surface area (TPSA) is 44.4 Å². The summed E-state index contributed by atoms with van der Waals surface area (Å²) in [5.41, 5.74) is 1.18. The molecule has 2 N–H and O–H groups in total. The Kier molecular flexibility index (Phi) is 6.52. The summed E-state index contributed by atoms with van der Waals surface area (Å²) < 4.78 is 0. The highest BCUT2D eigenvalue weighted by Gasteiger charge is 2.10. The minimum atomic E-state index is -0.0229. The summed E-state index contributed by atoms with van der Waals surface area (Å²) >= 11 is 0. The minimum Gasteiger partial charge on any atom is -0.375 e. The number of amides is 1. The fourth-order valence-electron chi connectivity index (χ4n) is 1.76. The number of rotatable bonds is 7. The Morgan fingerprint density at radius 3 is 2.45 bits per heavy atom. The molecule has 0 aromatic heterocycles. The highest BCUT2D eigenvalue weighted by molar-refractivity contribution is 5.78. The summed E-state index contributed by atoms with van der Waals surface area (Å²) in [7, 11) is 2.07. The smallest absolute Gasteiger partial charge is 0.233 e. The van der Waals surface area contributed by atoms with Gasteiger partial charge in [0, 0.05) is 31.4 Å². The van der Waals surface area contributed by atoms with E-state index in [1.807, 2.05) is 18.2 Å². The standard InChI is InChI=1S/C16H27N3O/c1-16(2,3)18-13-15(20)17-11-8-12-19(4)14-9-6-5-7-10-14/h5-7,9-10,18H,8,11-13H2,1-4H3,(H,17,20). The van der Waals surface area contributed by atoms with Crippen LogP contribution in [0.4, 0.5) is 5.69 Å². The molecule has 1 aromatic rings. The van der Waals surface area contributed by atoms with Crippen molar-refractivity contribution in [2.75, 3.05) is 31.6 Å². The fourth-order valence-corrected chi connectivity index (χ4v) is 1.76. The molecule has 4 heteroatoms. The van der Waals surface area contributed by atoms with Gasteiger partial charge in [0.2, 0.25) is 5.91 Å². The Morgan fingerprint density at radius 2 is 1.85 bits per heavy atom. The van der Waals surface area contributed by atoms with Crippen molar-refractivity contribution in [1.82, 2.24) is 10.6 Å². The van der Waals surface area contributed by atoms with E-state index in [1.54, 1.807) is 0 Å². The molecule has 0 atom stereocenters. The highest BCUT2D eigenvalue weighted by Crippen LogP contribution is 2.10. The molecule has 4 nitrogen and oxygen atoms in total. The van der Waals surface area contributed by atoms with Gasteiger partial charge in [-0.1, -0.05) is 18.2 Å². The fraction of sp³-hybridized carbons (Fsp3) is 0.562. The zero-order valence-electron chi connectivity index (χ0n) is 13.1. The van der Waals surface area contributed by atoms with Crippen molar-refractivity contribution in [2.24, 2.45) is 0 Å². The van der Waals surface area contributed by atoms with Gasteiger partial charge < -0.3 is 15.5 Å². The van der Waals surface area contributed by atoms with Crippen molar-refractivity contribution in [3.05, 3.63) is 30.3 Å². The van der Waals surface area contributed by atoms with Crippen LogP contribution in [0.1, 0.15) is 27.2 Å². The van der Waals surface area contributed by atoms with Crippen molar-refractivity contribution in [1.29, 1.82) is 0 Å². The van der Waals surface area contributed by atoms with E-state index in [4.69, 9.17) is 0 Å². The van der Waals surface area contributed by atoms with E-state index >= 15 is 0 Å². The van der Waals surface area contributed by atoms with Crippen molar-refractivity contribution in [3.8, 4) is 0 Å². The summed E-state index contributed by atoms with van der Waals surface area (Å²) in [5, 5.41) is 6.11. The van der Waals surface area contributed by atoms with Gasteiger partial charge in [-0.05, 0) is 39.3 Å². The lowest BCUT2D eigenvalue weighted by Crippen LogP contribution is -2.43. The van der Waals surface area contributed by atoms with E-state index in [1.165, 1.54) is 5.69 Å². The van der Waals surface area contributed by atoms with Gasteiger partial charge in [0.15, 0.2) is 0 Å². The van der Waals surface area contributed by atoms with Crippen molar-refractivity contribution >= 4 is 11.6 Å². The third-order valence-corrected chi connectivity index (χ3v) is 2.97. The van der Waals surface area contributed by atoms with Crippen LogP contribution in [0.3, 0.4) is 0 Å². The molecular weight excluding hydrogens is 250 g/mol. The van der Waals surface area contributed by atoms with Crippen LogP contribution in [-0.2, 0) is 4.79 Å². The van der Waals surface area contributed by atoms with Gasteiger partial charge in [-0.15, -0.1) is 0 Å². The summed E-state index contributed by atoms with van der Waals surface area (Å²) in [6.45, 7) is 8.16. The minimum absolute atomic E-state index is 0.0229. The monoisotopic (exact) mass is 277 g/mol. The first-order valence-corrected chi connectivity index (χ1v) is 7.16. The average Bonchev–Trinajstić information content (AvgIpc) is 2.41. The van der Waals surface area contributed by atoms with Gasteiger partial charge in [-0.3, -0.25) is 4.79 Å². The van der Waals surface area contributed by atoms with Crippen LogP contribution >= 0.6 is 0 Å². The zero-order valence-corrected chi connectivity index (χ0v) is 13.1. The first-order valence-electron chi connectivity index (χ1n) is 7.16. The third-order valence-electron chi connectivity index (χ3n) is 2.97. The van der Waals surface area contributed by atoms with E-state index < -0.39 is 0 Å². The summed E-state index contributed by atoms with van der Waals surface area (Å²) in [5.74, 6) is 0.0577. The average molecular weight is 277 g/mol. The normalized spacial score (nSPS) is 11.2. The molecule has 0 saturated carbocycles. The Morgan fingerprint density at radius 1 is 1.20 bits per heavy atom. The molecule has 0 fully saturated rings. The number of nitrogens with one attached hydrogen (secondary N) is 2. The summed E-state index contributed by atoms with van der Waals surface area (Å²) in [6, 6.07) is 10.3. The van der Waals surface area contributed by atoms with E-state index in [2.05, 4.69) is 55.5 Å². The van der Waals surface area contributed by atoms with Gasteiger partial charge in [0.05, 0.1) is 6.54 Å². The van der Waals surface area contributed by atoms with Gasteiger partial charge >= 0.3 is 0 Å². The maximum atomic E-state index is 11.6. The lowest BCUT2D eigenvalue weighted by atomic mass is 10.1. The predicted molar refractivity (Wildman–Crippen MR) is 85.1 cm³/mol. The largest absolute Gasteiger partial charge is 0.375 e. The van der Waals surface area contributed by atoms with Crippen LogP contribution in [-0.4, -0.2) is 38.1 Å². The molecule has 1 amide bonds. The van der Waals surface area contributed by atoms with Crippen LogP contribution in [0.15, 0.2) is 30.3 Å². The molecule has 0 spiro atoms. The van der Waals surface area contributed by atoms with Crippen molar-refractivity contribution in [3.63, 3.8) is 0 Å².